The maximum Gasteiger partial charge on any atom is 0.165 e. The van der Waals surface area contributed by atoms with Crippen molar-refractivity contribution in [1.82, 2.24) is 0 Å². The zero-order valence-electron chi connectivity index (χ0n) is 9.73. The smallest absolute Gasteiger partial charge is 0.165 e. The van der Waals surface area contributed by atoms with Crippen molar-refractivity contribution >= 4 is 5.71 Å². The van der Waals surface area contributed by atoms with Gasteiger partial charge in [-0.25, -0.2) is 0 Å². The molecule has 86 valence electrons. The SMILES string of the molecule is CC[C@]1(CO)CC(c2ccc(C)cc2)=NO1. The number of aliphatic hydroxyl groups is 1. The molecule has 0 aliphatic carbocycles. The first-order chi connectivity index (χ1) is 7.69. The first-order valence-corrected chi connectivity index (χ1v) is 5.62. The summed E-state index contributed by atoms with van der Waals surface area (Å²) < 4.78 is 0. The molecule has 16 heavy (non-hydrogen) atoms. The molecule has 0 aromatic heterocycles. The minimum atomic E-state index is -0.500. The lowest BCUT2D eigenvalue weighted by Gasteiger charge is -2.21. The van der Waals surface area contributed by atoms with Crippen LogP contribution in [0.1, 0.15) is 30.9 Å². The van der Waals surface area contributed by atoms with E-state index in [0.717, 1.165) is 17.7 Å². The normalized spacial score (nSPS) is 24.1. The Kier molecular flexibility index (Phi) is 2.97. The molecule has 0 saturated heterocycles. The summed E-state index contributed by atoms with van der Waals surface area (Å²) in [5.41, 5.74) is 2.73. The summed E-state index contributed by atoms with van der Waals surface area (Å²) >= 11 is 0. The molecule has 0 radical (unpaired) electrons. The van der Waals surface area contributed by atoms with E-state index in [2.05, 4.69) is 24.2 Å². The fraction of sp³-hybridized carbons (Fsp3) is 0.462. The number of hydrogen-bond acceptors (Lipinski definition) is 3. The average Bonchev–Trinajstić information content (AvgIpc) is 2.75. The molecule has 1 aliphatic heterocycles. The third-order valence-corrected chi connectivity index (χ3v) is 3.16. The number of aliphatic hydroxyl groups excluding tert-OH is 1. The summed E-state index contributed by atoms with van der Waals surface area (Å²) in [7, 11) is 0. The molecule has 0 unspecified atom stereocenters. The van der Waals surface area contributed by atoms with Crippen molar-refractivity contribution < 1.29 is 9.94 Å². The number of nitrogens with zero attached hydrogens (tertiary/aromatic N) is 1. The topological polar surface area (TPSA) is 41.8 Å². The molecule has 2 rings (SSSR count). The van der Waals surface area contributed by atoms with Gasteiger partial charge >= 0.3 is 0 Å². The Morgan fingerprint density at radius 1 is 1.38 bits per heavy atom. The van der Waals surface area contributed by atoms with Crippen molar-refractivity contribution in [2.45, 2.75) is 32.3 Å². The van der Waals surface area contributed by atoms with Crippen molar-refractivity contribution in [2.75, 3.05) is 6.61 Å². The van der Waals surface area contributed by atoms with E-state index in [4.69, 9.17) is 4.84 Å². The Hall–Kier alpha value is -1.35. The molecule has 3 nitrogen and oxygen atoms in total. The van der Waals surface area contributed by atoms with Crippen LogP contribution in [0.25, 0.3) is 0 Å². The largest absolute Gasteiger partial charge is 0.392 e. The molecule has 1 aromatic rings. The number of hydrogen-bond donors (Lipinski definition) is 1. The second-order valence-corrected chi connectivity index (χ2v) is 4.37. The molecular formula is C13H17NO2. The van der Waals surface area contributed by atoms with Gasteiger partial charge in [0.15, 0.2) is 5.60 Å². The molecule has 0 spiro atoms. The number of aryl methyl sites for hydroxylation is 1. The van der Waals surface area contributed by atoms with Gasteiger partial charge in [0.25, 0.3) is 0 Å². The average molecular weight is 219 g/mol. The van der Waals surface area contributed by atoms with Gasteiger partial charge in [0.2, 0.25) is 0 Å². The number of rotatable bonds is 3. The quantitative estimate of drug-likeness (QED) is 0.847. The van der Waals surface area contributed by atoms with Crippen LogP contribution in [0.15, 0.2) is 29.4 Å². The molecule has 1 aromatic carbocycles. The van der Waals surface area contributed by atoms with E-state index < -0.39 is 5.60 Å². The van der Waals surface area contributed by atoms with Crippen LogP contribution in [-0.4, -0.2) is 23.0 Å². The Labute approximate surface area is 95.7 Å². The molecule has 1 heterocycles. The van der Waals surface area contributed by atoms with Gasteiger partial charge in [-0.05, 0) is 18.9 Å². The minimum Gasteiger partial charge on any atom is -0.392 e. The van der Waals surface area contributed by atoms with Crippen LogP contribution in [0.2, 0.25) is 0 Å². The monoisotopic (exact) mass is 219 g/mol. The van der Waals surface area contributed by atoms with Crippen LogP contribution < -0.4 is 0 Å². The van der Waals surface area contributed by atoms with Gasteiger partial charge < -0.3 is 9.94 Å². The van der Waals surface area contributed by atoms with E-state index in [9.17, 15) is 5.11 Å². The molecule has 1 N–H and O–H groups in total. The third kappa shape index (κ3) is 1.95. The van der Waals surface area contributed by atoms with E-state index in [1.54, 1.807) is 0 Å². The van der Waals surface area contributed by atoms with Crippen LogP contribution in [-0.2, 0) is 4.84 Å². The molecule has 0 amide bonds. The van der Waals surface area contributed by atoms with Crippen LogP contribution in [0.4, 0.5) is 0 Å². The van der Waals surface area contributed by atoms with E-state index in [-0.39, 0.29) is 6.61 Å². The predicted molar refractivity (Wildman–Crippen MR) is 63.5 cm³/mol. The van der Waals surface area contributed by atoms with Crippen molar-refractivity contribution in [3.63, 3.8) is 0 Å². The molecule has 3 heteroatoms. The lowest BCUT2D eigenvalue weighted by Crippen LogP contribution is -2.32. The standard InChI is InChI=1S/C13H17NO2/c1-3-13(9-15)8-12(14-16-13)11-6-4-10(2)5-7-11/h4-7,15H,3,8-9H2,1-2H3/t13-/m1/s1. The van der Waals surface area contributed by atoms with Crippen molar-refractivity contribution in [2.24, 2.45) is 5.16 Å². The maximum absolute atomic E-state index is 9.33. The van der Waals surface area contributed by atoms with Gasteiger partial charge in [-0.15, -0.1) is 0 Å². The summed E-state index contributed by atoms with van der Waals surface area (Å²) in [6, 6.07) is 8.20. The Morgan fingerprint density at radius 3 is 2.56 bits per heavy atom. The van der Waals surface area contributed by atoms with Crippen molar-refractivity contribution in [1.29, 1.82) is 0 Å². The highest BCUT2D eigenvalue weighted by atomic mass is 16.7. The first-order valence-electron chi connectivity index (χ1n) is 5.62. The van der Waals surface area contributed by atoms with Gasteiger partial charge in [-0.1, -0.05) is 41.9 Å². The van der Waals surface area contributed by atoms with E-state index in [1.165, 1.54) is 5.56 Å². The lowest BCUT2D eigenvalue weighted by atomic mass is 9.92. The van der Waals surface area contributed by atoms with Crippen molar-refractivity contribution in [3.8, 4) is 0 Å². The van der Waals surface area contributed by atoms with E-state index >= 15 is 0 Å². The van der Waals surface area contributed by atoms with Gasteiger partial charge in [0, 0.05) is 6.42 Å². The number of benzene rings is 1. The second kappa shape index (κ2) is 4.26. The van der Waals surface area contributed by atoms with Crippen LogP contribution >= 0.6 is 0 Å². The molecule has 0 saturated carbocycles. The Bertz CT molecular complexity index is 391. The summed E-state index contributed by atoms with van der Waals surface area (Å²) in [5, 5.41) is 13.4. The zero-order valence-corrected chi connectivity index (χ0v) is 9.73. The van der Waals surface area contributed by atoms with Crippen LogP contribution in [0, 0.1) is 6.92 Å². The predicted octanol–water partition coefficient (Wildman–Crippen LogP) is 2.26. The van der Waals surface area contributed by atoms with Crippen LogP contribution in [0.3, 0.4) is 0 Å². The fourth-order valence-electron chi connectivity index (χ4n) is 1.81. The van der Waals surface area contributed by atoms with Gasteiger partial charge in [0.1, 0.15) is 0 Å². The number of oxime groups is 1. The third-order valence-electron chi connectivity index (χ3n) is 3.16. The molecule has 1 atom stereocenters. The molecule has 0 bridgehead atoms. The summed E-state index contributed by atoms with van der Waals surface area (Å²) in [4.78, 5) is 5.37. The molecular weight excluding hydrogens is 202 g/mol. The maximum atomic E-state index is 9.33. The lowest BCUT2D eigenvalue weighted by molar-refractivity contribution is -0.0591. The summed E-state index contributed by atoms with van der Waals surface area (Å²) in [6.45, 7) is 4.08. The minimum absolute atomic E-state index is 0.0162. The van der Waals surface area contributed by atoms with Crippen LogP contribution in [0.5, 0.6) is 0 Å². The fourth-order valence-corrected chi connectivity index (χ4v) is 1.81. The second-order valence-electron chi connectivity index (χ2n) is 4.37. The highest BCUT2D eigenvalue weighted by molar-refractivity contribution is 6.01. The van der Waals surface area contributed by atoms with Crippen molar-refractivity contribution in [3.05, 3.63) is 35.4 Å². The zero-order chi connectivity index (χ0) is 11.6. The van der Waals surface area contributed by atoms with E-state index in [0.29, 0.717) is 6.42 Å². The summed E-state index contributed by atoms with van der Waals surface area (Å²) in [5.74, 6) is 0. The van der Waals surface area contributed by atoms with E-state index in [1.807, 2.05) is 19.1 Å². The summed E-state index contributed by atoms with van der Waals surface area (Å²) in [6.07, 6.45) is 1.45. The first kappa shape index (κ1) is 11.1. The van der Waals surface area contributed by atoms with Gasteiger partial charge in [-0.2, -0.15) is 0 Å². The Morgan fingerprint density at radius 2 is 2.06 bits per heavy atom. The highest BCUT2D eigenvalue weighted by Gasteiger charge is 2.37. The highest BCUT2D eigenvalue weighted by Crippen LogP contribution is 2.29. The molecule has 0 fully saturated rings. The Balaban J connectivity index is 2.17. The van der Waals surface area contributed by atoms with Gasteiger partial charge in [0.05, 0.1) is 12.3 Å². The van der Waals surface area contributed by atoms with Gasteiger partial charge in [-0.3, -0.25) is 0 Å². The molecule has 1 aliphatic rings.